The zero-order valence-electron chi connectivity index (χ0n) is 7.92. The van der Waals surface area contributed by atoms with Crippen LogP contribution >= 0.6 is 0 Å². The Morgan fingerprint density at radius 1 is 1.06 bits per heavy atom. The molecule has 82 valence electrons. The molecule has 0 fully saturated rings. The van der Waals surface area contributed by atoms with E-state index in [4.69, 9.17) is 0 Å². The molecule has 0 atom stereocenters. The highest BCUT2D eigenvalue weighted by atomic mass is 19.2. The number of pyridine rings is 1. The number of hydrogen-bond acceptors (Lipinski definition) is 2. The molecule has 2 aromatic rings. The fraction of sp³-hybridized carbons (Fsp3) is 0. The molecule has 1 aromatic heterocycles. The monoisotopic (exact) mass is 225 g/mol. The minimum absolute atomic E-state index is 0.000278. The molecule has 0 unspecified atom stereocenters. The Bertz CT molecular complexity index is 519. The van der Waals surface area contributed by atoms with Crippen LogP contribution in [0.4, 0.5) is 13.2 Å². The van der Waals surface area contributed by atoms with Crippen molar-refractivity contribution in [3.63, 3.8) is 0 Å². The van der Waals surface area contributed by atoms with E-state index in [-0.39, 0.29) is 17.0 Å². The number of rotatable bonds is 1. The molecule has 0 amide bonds. The van der Waals surface area contributed by atoms with Gasteiger partial charge >= 0.3 is 0 Å². The molecule has 0 radical (unpaired) electrons. The van der Waals surface area contributed by atoms with Gasteiger partial charge in [0.1, 0.15) is 11.4 Å². The fourth-order valence-corrected chi connectivity index (χ4v) is 1.31. The van der Waals surface area contributed by atoms with Gasteiger partial charge in [-0.25, -0.2) is 13.2 Å². The predicted molar refractivity (Wildman–Crippen MR) is 51.2 cm³/mol. The molecule has 5 heteroatoms. The molecule has 0 saturated carbocycles. The van der Waals surface area contributed by atoms with Crippen LogP contribution in [0.15, 0.2) is 30.5 Å². The highest BCUT2D eigenvalue weighted by molar-refractivity contribution is 5.65. The Kier molecular flexibility index (Phi) is 2.52. The number of nitrogens with zero attached hydrogens (tertiary/aromatic N) is 1. The van der Waals surface area contributed by atoms with E-state index < -0.39 is 17.5 Å². The molecule has 16 heavy (non-hydrogen) atoms. The average molecular weight is 225 g/mol. The number of aromatic nitrogens is 1. The number of aromatic hydroxyl groups is 1. The lowest BCUT2D eigenvalue weighted by Gasteiger charge is -2.04. The Balaban J connectivity index is 2.62. The van der Waals surface area contributed by atoms with Gasteiger partial charge in [0.05, 0.1) is 0 Å². The summed E-state index contributed by atoms with van der Waals surface area (Å²) in [5.74, 6) is -4.41. The van der Waals surface area contributed by atoms with Gasteiger partial charge in [-0.2, -0.15) is 0 Å². The second-order valence-corrected chi connectivity index (χ2v) is 3.13. The summed E-state index contributed by atoms with van der Waals surface area (Å²) in [5, 5.41) is 9.41. The second-order valence-electron chi connectivity index (χ2n) is 3.13. The topological polar surface area (TPSA) is 33.1 Å². The molecule has 1 aromatic carbocycles. The Morgan fingerprint density at radius 2 is 1.69 bits per heavy atom. The van der Waals surface area contributed by atoms with Gasteiger partial charge in [-0.3, -0.25) is 4.98 Å². The van der Waals surface area contributed by atoms with Crippen LogP contribution in [0.5, 0.6) is 5.75 Å². The molecule has 0 bridgehead atoms. The molecule has 2 rings (SSSR count). The third kappa shape index (κ3) is 1.71. The van der Waals surface area contributed by atoms with Crippen LogP contribution in [0.3, 0.4) is 0 Å². The maximum atomic E-state index is 12.9. The van der Waals surface area contributed by atoms with Crippen LogP contribution in [0.2, 0.25) is 0 Å². The van der Waals surface area contributed by atoms with Crippen molar-refractivity contribution in [1.82, 2.24) is 4.98 Å². The highest BCUT2D eigenvalue weighted by Gasteiger charge is 2.13. The lowest BCUT2D eigenvalue weighted by atomic mass is 10.1. The van der Waals surface area contributed by atoms with Crippen molar-refractivity contribution in [2.75, 3.05) is 0 Å². The average Bonchev–Trinajstić information content (AvgIpc) is 2.26. The van der Waals surface area contributed by atoms with E-state index in [1.807, 2.05) is 0 Å². The minimum atomic E-state index is -1.54. The van der Waals surface area contributed by atoms with Crippen molar-refractivity contribution in [3.05, 3.63) is 47.9 Å². The maximum absolute atomic E-state index is 12.9. The fourth-order valence-electron chi connectivity index (χ4n) is 1.31. The molecular formula is C11H6F3NO. The molecule has 1 heterocycles. The van der Waals surface area contributed by atoms with Crippen LogP contribution in [-0.4, -0.2) is 10.1 Å². The van der Waals surface area contributed by atoms with E-state index in [2.05, 4.69) is 4.98 Å². The Morgan fingerprint density at radius 3 is 2.25 bits per heavy atom. The minimum Gasteiger partial charge on any atom is -0.506 e. The smallest absolute Gasteiger partial charge is 0.194 e. The highest BCUT2D eigenvalue weighted by Crippen LogP contribution is 2.28. The molecule has 0 aliphatic carbocycles. The van der Waals surface area contributed by atoms with Gasteiger partial charge < -0.3 is 5.11 Å². The molecule has 0 spiro atoms. The third-order valence-corrected chi connectivity index (χ3v) is 2.04. The lowest BCUT2D eigenvalue weighted by Crippen LogP contribution is -1.93. The quantitative estimate of drug-likeness (QED) is 0.757. The summed E-state index contributed by atoms with van der Waals surface area (Å²) in [6, 6.07) is 4.34. The van der Waals surface area contributed by atoms with Crippen LogP contribution in [-0.2, 0) is 0 Å². The van der Waals surface area contributed by atoms with Gasteiger partial charge in [0, 0.05) is 11.8 Å². The summed E-state index contributed by atoms with van der Waals surface area (Å²) in [6.45, 7) is 0. The van der Waals surface area contributed by atoms with Gasteiger partial charge in [-0.05, 0) is 24.3 Å². The third-order valence-electron chi connectivity index (χ3n) is 2.04. The van der Waals surface area contributed by atoms with Gasteiger partial charge in [-0.15, -0.1) is 0 Å². The van der Waals surface area contributed by atoms with Crippen molar-refractivity contribution in [1.29, 1.82) is 0 Å². The molecule has 0 aliphatic rings. The summed E-state index contributed by atoms with van der Waals surface area (Å²) >= 11 is 0. The van der Waals surface area contributed by atoms with Gasteiger partial charge in [0.2, 0.25) is 0 Å². The first kappa shape index (κ1) is 10.5. The first-order valence-corrected chi connectivity index (χ1v) is 4.38. The lowest BCUT2D eigenvalue weighted by molar-refractivity contribution is 0.447. The van der Waals surface area contributed by atoms with E-state index in [1.165, 1.54) is 18.3 Å². The molecule has 1 N–H and O–H groups in total. The van der Waals surface area contributed by atoms with Crippen molar-refractivity contribution in [3.8, 4) is 17.0 Å². The summed E-state index contributed by atoms with van der Waals surface area (Å²) in [4.78, 5) is 3.75. The number of hydrogen-bond donors (Lipinski definition) is 1. The Hall–Kier alpha value is -2.04. The summed E-state index contributed by atoms with van der Waals surface area (Å²) in [5.41, 5.74) is -0.0187. The van der Waals surface area contributed by atoms with E-state index in [1.54, 1.807) is 0 Å². The number of halogens is 3. The van der Waals surface area contributed by atoms with E-state index in [9.17, 15) is 18.3 Å². The van der Waals surface area contributed by atoms with E-state index in [0.717, 1.165) is 12.1 Å². The van der Waals surface area contributed by atoms with E-state index in [0.29, 0.717) is 0 Å². The van der Waals surface area contributed by atoms with Crippen molar-refractivity contribution >= 4 is 0 Å². The standard InChI is InChI=1S/C11H6F3NO/c12-7-4-6(5-8(13)10(7)14)11-9(16)2-1-3-15-11/h1-5,16H. The molecular weight excluding hydrogens is 219 g/mol. The molecule has 0 saturated heterocycles. The van der Waals surface area contributed by atoms with Crippen molar-refractivity contribution < 1.29 is 18.3 Å². The molecule has 2 nitrogen and oxygen atoms in total. The second kappa shape index (κ2) is 3.84. The van der Waals surface area contributed by atoms with Gasteiger partial charge in [0.15, 0.2) is 17.5 Å². The number of benzene rings is 1. The van der Waals surface area contributed by atoms with Crippen molar-refractivity contribution in [2.24, 2.45) is 0 Å². The summed E-state index contributed by atoms with van der Waals surface area (Å²) in [6.07, 6.45) is 1.36. The first-order chi connectivity index (χ1) is 7.59. The van der Waals surface area contributed by atoms with Crippen LogP contribution in [0.25, 0.3) is 11.3 Å². The Labute approximate surface area is 89.0 Å². The van der Waals surface area contributed by atoms with Gasteiger partial charge in [-0.1, -0.05) is 0 Å². The SMILES string of the molecule is Oc1cccnc1-c1cc(F)c(F)c(F)c1. The van der Waals surface area contributed by atoms with Gasteiger partial charge in [0.25, 0.3) is 0 Å². The van der Waals surface area contributed by atoms with Crippen LogP contribution in [0, 0.1) is 17.5 Å². The van der Waals surface area contributed by atoms with Crippen LogP contribution < -0.4 is 0 Å². The molecule has 0 aliphatic heterocycles. The maximum Gasteiger partial charge on any atom is 0.194 e. The zero-order valence-corrected chi connectivity index (χ0v) is 7.92. The van der Waals surface area contributed by atoms with Crippen molar-refractivity contribution in [2.45, 2.75) is 0 Å². The summed E-state index contributed by atoms with van der Waals surface area (Å²) < 4.78 is 38.6. The first-order valence-electron chi connectivity index (χ1n) is 4.38. The largest absolute Gasteiger partial charge is 0.506 e. The predicted octanol–water partition coefficient (Wildman–Crippen LogP) is 2.87. The van der Waals surface area contributed by atoms with Crippen LogP contribution in [0.1, 0.15) is 0 Å². The zero-order chi connectivity index (χ0) is 11.7. The summed E-state index contributed by atoms with van der Waals surface area (Å²) in [7, 11) is 0. The van der Waals surface area contributed by atoms with E-state index >= 15 is 0 Å². The normalized spacial score (nSPS) is 10.4.